The molecule has 0 spiro atoms. The third-order valence-electron chi connectivity index (χ3n) is 2.66. The van der Waals surface area contributed by atoms with E-state index in [-0.39, 0.29) is 24.9 Å². The Morgan fingerprint density at radius 1 is 1.44 bits per heavy atom. The van der Waals surface area contributed by atoms with Crippen molar-refractivity contribution in [2.75, 3.05) is 6.54 Å². The number of aryl methyl sites for hydroxylation is 1. The van der Waals surface area contributed by atoms with E-state index in [9.17, 15) is 9.59 Å². The van der Waals surface area contributed by atoms with Gasteiger partial charge in [-0.1, -0.05) is 6.07 Å². The summed E-state index contributed by atoms with van der Waals surface area (Å²) in [6.07, 6.45) is 1.51. The van der Waals surface area contributed by atoms with Crippen molar-refractivity contribution in [1.29, 1.82) is 0 Å². The van der Waals surface area contributed by atoms with E-state index in [2.05, 4.69) is 4.98 Å². The molecular formula is C13H18N2O3. The number of hydrogen-bond acceptors (Lipinski definition) is 3. The number of rotatable bonds is 5. The van der Waals surface area contributed by atoms with E-state index >= 15 is 0 Å². The van der Waals surface area contributed by atoms with Gasteiger partial charge in [-0.2, -0.15) is 0 Å². The molecule has 0 saturated heterocycles. The lowest BCUT2D eigenvalue weighted by atomic mass is 10.1. The van der Waals surface area contributed by atoms with Crippen molar-refractivity contribution < 1.29 is 14.7 Å². The largest absolute Gasteiger partial charge is 0.481 e. The van der Waals surface area contributed by atoms with Crippen LogP contribution in [0.15, 0.2) is 18.3 Å². The molecule has 0 radical (unpaired) electrons. The van der Waals surface area contributed by atoms with Gasteiger partial charge in [0, 0.05) is 18.8 Å². The molecule has 0 bridgehead atoms. The Bertz CT molecular complexity index is 444. The molecule has 18 heavy (non-hydrogen) atoms. The maximum Gasteiger partial charge on any atom is 0.305 e. The van der Waals surface area contributed by atoms with Gasteiger partial charge in [-0.25, -0.2) is 0 Å². The zero-order valence-electron chi connectivity index (χ0n) is 10.9. The van der Waals surface area contributed by atoms with Gasteiger partial charge in [0.1, 0.15) is 5.69 Å². The number of carboxylic acid groups (broad SMARTS) is 1. The van der Waals surface area contributed by atoms with Gasteiger partial charge in [-0.3, -0.25) is 14.6 Å². The topological polar surface area (TPSA) is 70.5 Å². The highest BCUT2D eigenvalue weighted by Crippen LogP contribution is 2.10. The number of aromatic nitrogens is 1. The number of nitrogens with zero attached hydrogens (tertiary/aromatic N) is 2. The van der Waals surface area contributed by atoms with Crippen molar-refractivity contribution in [3.05, 3.63) is 29.6 Å². The van der Waals surface area contributed by atoms with Crippen molar-refractivity contribution in [2.24, 2.45) is 0 Å². The molecule has 0 aliphatic heterocycles. The molecule has 0 aliphatic rings. The highest BCUT2D eigenvalue weighted by Gasteiger charge is 2.21. The molecule has 98 valence electrons. The summed E-state index contributed by atoms with van der Waals surface area (Å²) in [4.78, 5) is 28.5. The predicted octanol–water partition coefficient (Wildman–Crippen LogP) is 1.72. The van der Waals surface area contributed by atoms with Crippen LogP contribution in [-0.4, -0.2) is 39.5 Å². The second-order valence-electron chi connectivity index (χ2n) is 4.40. The van der Waals surface area contributed by atoms with Crippen LogP contribution in [0.5, 0.6) is 0 Å². The Morgan fingerprint density at radius 3 is 2.61 bits per heavy atom. The van der Waals surface area contributed by atoms with E-state index in [1.54, 1.807) is 12.3 Å². The lowest BCUT2D eigenvalue weighted by Crippen LogP contribution is -2.39. The minimum atomic E-state index is -0.911. The summed E-state index contributed by atoms with van der Waals surface area (Å²) < 4.78 is 0. The number of carbonyl (C=O) groups is 2. The Labute approximate surface area is 106 Å². The fourth-order valence-electron chi connectivity index (χ4n) is 1.66. The van der Waals surface area contributed by atoms with Crippen LogP contribution < -0.4 is 0 Å². The second-order valence-corrected chi connectivity index (χ2v) is 4.40. The lowest BCUT2D eigenvalue weighted by Gasteiger charge is -2.26. The first-order valence-electron chi connectivity index (χ1n) is 5.88. The Kier molecular flexibility index (Phi) is 4.83. The average Bonchev–Trinajstić information content (AvgIpc) is 2.28. The Hall–Kier alpha value is -1.91. The first-order chi connectivity index (χ1) is 8.43. The highest BCUT2D eigenvalue weighted by atomic mass is 16.4. The second kappa shape index (κ2) is 6.14. The van der Waals surface area contributed by atoms with E-state index < -0.39 is 5.97 Å². The molecular weight excluding hydrogens is 232 g/mol. The molecule has 0 fully saturated rings. The lowest BCUT2D eigenvalue weighted by molar-refractivity contribution is -0.137. The van der Waals surface area contributed by atoms with Gasteiger partial charge in [0.15, 0.2) is 0 Å². The van der Waals surface area contributed by atoms with Crippen molar-refractivity contribution in [3.63, 3.8) is 0 Å². The van der Waals surface area contributed by atoms with Crippen molar-refractivity contribution >= 4 is 11.9 Å². The minimum absolute atomic E-state index is 0.0572. The molecule has 0 aliphatic carbocycles. The summed E-state index contributed by atoms with van der Waals surface area (Å²) in [6, 6.07) is 3.53. The predicted molar refractivity (Wildman–Crippen MR) is 67.4 cm³/mol. The molecule has 0 unspecified atom stereocenters. The van der Waals surface area contributed by atoms with Crippen LogP contribution in [-0.2, 0) is 4.79 Å². The average molecular weight is 250 g/mol. The van der Waals surface area contributed by atoms with Crippen LogP contribution >= 0.6 is 0 Å². The standard InChI is InChI=1S/C13H18N2O3/c1-9(2)15(8-6-11(16)17)13(18)12-10(3)5-4-7-14-12/h4-5,7,9H,6,8H2,1-3H3,(H,16,17). The van der Waals surface area contributed by atoms with Gasteiger partial charge in [0.2, 0.25) is 0 Å². The quantitative estimate of drug-likeness (QED) is 0.863. The van der Waals surface area contributed by atoms with Gasteiger partial charge in [-0.05, 0) is 32.4 Å². The van der Waals surface area contributed by atoms with Gasteiger partial charge in [0.05, 0.1) is 6.42 Å². The van der Waals surface area contributed by atoms with E-state index in [0.29, 0.717) is 5.69 Å². The van der Waals surface area contributed by atoms with Gasteiger partial charge >= 0.3 is 5.97 Å². The number of aliphatic carboxylic acids is 1. The van der Waals surface area contributed by atoms with Gasteiger partial charge < -0.3 is 10.0 Å². The number of amides is 1. The molecule has 1 heterocycles. The monoisotopic (exact) mass is 250 g/mol. The molecule has 0 saturated carbocycles. The molecule has 0 aromatic carbocycles. The maximum atomic E-state index is 12.3. The summed E-state index contributed by atoms with van der Waals surface area (Å²) in [6.45, 7) is 5.73. The Morgan fingerprint density at radius 2 is 2.11 bits per heavy atom. The summed E-state index contributed by atoms with van der Waals surface area (Å²) in [5.41, 5.74) is 1.18. The van der Waals surface area contributed by atoms with Crippen molar-refractivity contribution in [3.8, 4) is 0 Å². The zero-order valence-corrected chi connectivity index (χ0v) is 10.9. The number of carbonyl (C=O) groups excluding carboxylic acids is 1. The molecule has 1 aromatic rings. The molecule has 0 atom stereocenters. The first kappa shape index (κ1) is 14.2. The van der Waals surface area contributed by atoms with Crippen LogP contribution in [0.3, 0.4) is 0 Å². The number of pyridine rings is 1. The summed E-state index contributed by atoms with van der Waals surface area (Å²) in [5, 5.41) is 8.70. The third kappa shape index (κ3) is 3.55. The smallest absolute Gasteiger partial charge is 0.305 e. The minimum Gasteiger partial charge on any atom is -0.481 e. The molecule has 5 heteroatoms. The third-order valence-corrected chi connectivity index (χ3v) is 2.66. The fraction of sp³-hybridized carbons (Fsp3) is 0.462. The number of hydrogen-bond donors (Lipinski definition) is 1. The Balaban J connectivity index is 2.90. The van der Waals surface area contributed by atoms with E-state index in [1.807, 2.05) is 26.8 Å². The van der Waals surface area contributed by atoms with Gasteiger partial charge in [-0.15, -0.1) is 0 Å². The summed E-state index contributed by atoms with van der Waals surface area (Å²) in [7, 11) is 0. The summed E-state index contributed by atoms with van der Waals surface area (Å²) >= 11 is 0. The highest BCUT2D eigenvalue weighted by molar-refractivity contribution is 5.94. The van der Waals surface area contributed by atoms with E-state index in [0.717, 1.165) is 5.56 Å². The normalized spacial score (nSPS) is 10.4. The maximum absolute atomic E-state index is 12.3. The van der Waals surface area contributed by atoms with Crippen LogP contribution in [0.25, 0.3) is 0 Å². The fourth-order valence-corrected chi connectivity index (χ4v) is 1.66. The van der Waals surface area contributed by atoms with Crippen molar-refractivity contribution in [2.45, 2.75) is 33.2 Å². The van der Waals surface area contributed by atoms with Crippen LogP contribution in [0, 0.1) is 6.92 Å². The molecule has 1 amide bonds. The number of carboxylic acids is 1. The molecule has 1 N–H and O–H groups in total. The summed E-state index contributed by atoms with van der Waals surface area (Å²) in [5.74, 6) is -1.13. The molecule has 1 rings (SSSR count). The van der Waals surface area contributed by atoms with Crippen LogP contribution in [0.4, 0.5) is 0 Å². The SMILES string of the molecule is Cc1cccnc1C(=O)N(CCC(=O)O)C(C)C. The van der Waals surface area contributed by atoms with Crippen LogP contribution in [0.2, 0.25) is 0 Å². The van der Waals surface area contributed by atoms with E-state index in [4.69, 9.17) is 5.11 Å². The molecule has 5 nitrogen and oxygen atoms in total. The molecule has 1 aromatic heterocycles. The zero-order chi connectivity index (χ0) is 13.7. The van der Waals surface area contributed by atoms with E-state index in [1.165, 1.54) is 4.90 Å². The first-order valence-corrected chi connectivity index (χ1v) is 5.88. The van der Waals surface area contributed by atoms with Crippen LogP contribution in [0.1, 0.15) is 36.3 Å². The van der Waals surface area contributed by atoms with Gasteiger partial charge in [0.25, 0.3) is 5.91 Å². The van der Waals surface area contributed by atoms with Crippen molar-refractivity contribution in [1.82, 2.24) is 9.88 Å².